The minimum Gasteiger partial charge on any atom is -0.337 e. The van der Waals surface area contributed by atoms with Gasteiger partial charge in [0.15, 0.2) is 6.19 Å². The van der Waals surface area contributed by atoms with E-state index >= 15 is 0 Å². The number of nitrogens with two attached hydrogens (primary N) is 1. The van der Waals surface area contributed by atoms with E-state index in [0.29, 0.717) is 0 Å². The molecule has 0 amide bonds. The molecule has 0 spiro atoms. The first kappa shape index (κ1) is 12.0. The van der Waals surface area contributed by atoms with Gasteiger partial charge in [0.2, 0.25) is 0 Å². The molecule has 0 fully saturated rings. The summed E-state index contributed by atoms with van der Waals surface area (Å²) in [6, 6.07) is 0. The molecule has 3 nitrogen and oxygen atoms in total. The average Bonchev–Trinajstić information content (AvgIpc) is 1.93. The third kappa shape index (κ3) is 10.3. The van der Waals surface area contributed by atoms with E-state index in [1.165, 1.54) is 25.8 Å². The van der Waals surface area contributed by atoms with Crippen LogP contribution in [0, 0.1) is 11.5 Å². The molecule has 0 aliphatic carbocycles. The van der Waals surface area contributed by atoms with Crippen LogP contribution in [0.5, 0.6) is 0 Å². The van der Waals surface area contributed by atoms with Crippen molar-refractivity contribution in [1.29, 1.82) is 5.26 Å². The molecule has 0 unspecified atom stereocenters. The van der Waals surface area contributed by atoms with Gasteiger partial charge in [0.05, 0.1) is 0 Å². The fraction of sp³-hybridized carbons (Fsp3) is 0.857. The zero-order valence-electron chi connectivity index (χ0n) is 7.09. The minimum atomic E-state index is 1.19. The molecule has 3 heteroatoms. The lowest BCUT2D eigenvalue weighted by molar-refractivity contribution is 0.321. The lowest BCUT2D eigenvalue weighted by Gasteiger charge is -2.13. The van der Waals surface area contributed by atoms with E-state index in [2.05, 4.69) is 31.4 Å². The van der Waals surface area contributed by atoms with Gasteiger partial charge < -0.3 is 10.6 Å². The molecule has 0 saturated heterocycles. The van der Waals surface area contributed by atoms with Gasteiger partial charge >= 0.3 is 0 Å². The maximum Gasteiger partial charge on any atom is 0.173 e. The Bertz CT molecular complexity index is 75.8. The van der Waals surface area contributed by atoms with Crippen molar-refractivity contribution in [2.24, 2.45) is 5.73 Å². The first-order valence-electron chi connectivity index (χ1n) is 3.58. The standard InChI is InChI=1S/C6H15N.CH2N2/c1-4-7(5-2)6-3;2-1-3/h4-6H2,1-3H3;2H2. The van der Waals surface area contributed by atoms with Crippen molar-refractivity contribution in [3.63, 3.8) is 0 Å². The molecule has 0 bridgehead atoms. The highest BCUT2D eigenvalue weighted by Gasteiger charge is 1.89. The molecule has 60 valence electrons. The van der Waals surface area contributed by atoms with Crippen molar-refractivity contribution < 1.29 is 0 Å². The third-order valence-corrected chi connectivity index (χ3v) is 1.34. The van der Waals surface area contributed by atoms with Gasteiger partial charge in [-0.1, -0.05) is 20.8 Å². The predicted octanol–water partition coefficient (Wildman–Crippen LogP) is 0.774. The zero-order chi connectivity index (χ0) is 8.41. The average molecular weight is 143 g/mol. The number of nitriles is 1. The van der Waals surface area contributed by atoms with E-state index in [1.54, 1.807) is 0 Å². The maximum atomic E-state index is 7.10. The number of rotatable bonds is 3. The summed E-state index contributed by atoms with van der Waals surface area (Å²) in [5.74, 6) is 0. The molecule has 0 aromatic rings. The number of nitrogens with zero attached hydrogens (tertiary/aromatic N) is 2. The van der Waals surface area contributed by atoms with Gasteiger partial charge in [0.1, 0.15) is 0 Å². The molecule has 0 heterocycles. The largest absolute Gasteiger partial charge is 0.337 e. The fourth-order valence-corrected chi connectivity index (χ4v) is 0.671. The molecular weight excluding hydrogens is 126 g/mol. The van der Waals surface area contributed by atoms with Gasteiger partial charge in [-0.25, -0.2) is 0 Å². The molecule has 0 aliphatic rings. The third-order valence-electron chi connectivity index (χ3n) is 1.34. The van der Waals surface area contributed by atoms with Crippen LogP contribution in [0.15, 0.2) is 0 Å². The van der Waals surface area contributed by atoms with E-state index < -0.39 is 0 Å². The SMILES string of the molecule is CCN(CC)CC.N#CN. The summed E-state index contributed by atoms with van der Waals surface area (Å²) < 4.78 is 0. The Balaban J connectivity index is 0. The van der Waals surface area contributed by atoms with Crippen LogP contribution in [0.4, 0.5) is 0 Å². The summed E-state index contributed by atoms with van der Waals surface area (Å²) in [7, 11) is 0. The Morgan fingerprint density at radius 1 is 1.20 bits per heavy atom. The number of hydrogen-bond donors (Lipinski definition) is 1. The van der Waals surface area contributed by atoms with Gasteiger partial charge in [-0.2, -0.15) is 5.26 Å². The van der Waals surface area contributed by atoms with Crippen LogP contribution in [-0.4, -0.2) is 24.5 Å². The highest BCUT2D eigenvalue weighted by Crippen LogP contribution is 1.81. The van der Waals surface area contributed by atoms with E-state index in [9.17, 15) is 0 Å². The van der Waals surface area contributed by atoms with Crippen LogP contribution >= 0.6 is 0 Å². The van der Waals surface area contributed by atoms with Gasteiger partial charge in [-0.15, -0.1) is 0 Å². The lowest BCUT2D eigenvalue weighted by atomic mass is 10.5. The van der Waals surface area contributed by atoms with Crippen LogP contribution in [0.2, 0.25) is 0 Å². The summed E-state index contributed by atoms with van der Waals surface area (Å²) in [6.45, 7) is 10.1. The summed E-state index contributed by atoms with van der Waals surface area (Å²) in [5, 5.41) is 7.10. The Morgan fingerprint density at radius 2 is 1.40 bits per heavy atom. The van der Waals surface area contributed by atoms with E-state index in [1.807, 2.05) is 0 Å². The molecule has 0 rings (SSSR count). The molecule has 10 heavy (non-hydrogen) atoms. The maximum absolute atomic E-state index is 7.10. The topological polar surface area (TPSA) is 53.0 Å². The van der Waals surface area contributed by atoms with Crippen molar-refractivity contribution in [1.82, 2.24) is 4.90 Å². The lowest BCUT2D eigenvalue weighted by Crippen LogP contribution is -2.21. The van der Waals surface area contributed by atoms with Gasteiger partial charge in [-0.3, -0.25) is 0 Å². The molecule has 0 radical (unpaired) electrons. The molecular formula is C7H17N3. The van der Waals surface area contributed by atoms with E-state index in [-0.39, 0.29) is 0 Å². The summed E-state index contributed by atoms with van der Waals surface area (Å²) in [4.78, 5) is 2.38. The smallest absolute Gasteiger partial charge is 0.173 e. The first-order chi connectivity index (χ1) is 4.76. The quantitative estimate of drug-likeness (QED) is 0.469. The normalized spacial score (nSPS) is 7.90. The van der Waals surface area contributed by atoms with Crippen LogP contribution in [0.1, 0.15) is 20.8 Å². The highest BCUT2D eigenvalue weighted by molar-refractivity contribution is 4.46. The van der Waals surface area contributed by atoms with Gasteiger partial charge in [-0.05, 0) is 19.6 Å². The molecule has 0 aromatic heterocycles. The van der Waals surface area contributed by atoms with Crippen molar-refractivity contribution >= 4 is 0 Å². The van der Waals surface area contributed by atoms with E-state index in [0.717, 1.165) is 0 Å². The second-order valence-corrected chi connectivity index (χ2v) is 1.75. The molecule has 0 saturated carbocycles. The van der Waals surface area contributed by atoms with Crippen LogP contribution in [0.3, 0.4) is 0 Å². The monoisotopic (exact) mass is 143 g/mol. The summed E-state index contributed by atoms with van der Waals surface area (Å²) in [5.41, 5.74) is 4.15. The van der Waals surface area contributed by atoms with Crippen molar-refractivity contribution in [3.8, 4) is 6.19 Å². The van der Waals surface area contributed by atoms with Gasteiger partial charge in [0, 0.05) is 0 Å². The van der Waals surface area contributed by atoms with Crippen LogP contribution < -0.4 is 5.73 Å². The van der Waals surface area contributed by atoms with Gasteiger partial charge in [0.25, 0.3) is 0 Å². The van der Waals surface area contributed by atoms with Crippen molar-refractivity contribution in [2.75, 3.05) is 19.6 Å². The Kier molecular flexibility index (Phi) is 13.3. The van der Waals surface area contributed by atoms with E-state index in [4.69, 9.17) is 5.26 Å². The summed E-state index contributed by atoms with van der Waals surface area (Å²) >= 11 is 0. The molecule has 2 N–H and O–H groups in total. The Hall–Kier alpha value is -0.750. The van der Waals surface area contributed by atoms with Crippen LogP contribution in [0.25, 0.3) is 0 Å². The molecule has 0 atom stereocenters. The molecule has 0 aromatic carbocycles. The Morgan fingerprint density at radius 3 is 1.40 bits per heavy atom. The minimum absolute atomic E-state index is 1.19. The second kappa shape index (κ2) is 11.1. The van der Waals surface area contributed by atoms with Crippen molar-refractivity contribution in [2.45, 2.75) is 20.8 Å². The van der Waals surface area contributed by atoms with Crippen molar-refractivity contribution in [3.05, 3.63) is 0 Å². The summed E-state index contributed by atoms with van der Waals surface area (Å²) in [6.07, 6.45) is 1.25. The zero-order valence-corrected chi connectivity index (χ0v) is 7.09. The first-order valence-corrected chi connectivity index (χ1v) is 3.58. The highest BCUT2D eigenvalue weighted by atomic mass is 15.1. The fourth-order valence-electron chi connectivity index (χ4n) is 0.671. The van der Waals surface area contributed by atoms with Crippen LogP contribution in [-0.2, 0) is 0 Å². The molecule has 0 aliphatic heterocycles. The number of hydrogen-bond acceptors (Lipinski definition) is 3. The second-order valence-electron chi connectivity index (χ2n) is 1.75. The Labute approximate surface area is 63.4 Å². The predicted molar refractivity (Wildman–Crippen MR) is 43.3 cm³/mol.